The van der Waals surface area contributed by atoms with Crippen LogP contribution in [-0.2, 0) is 0 Å². The summed E-state index contributed by atoms with van der Waals surface area (Å²) in [7, 11) is 1.49. The Kier molecular flexibility index (Phi) is 5.78. The van der Waals surface area contributed by atoms with E-state index in [4.69, 9.17) is 4.74 Å². The molecule has 0 radical (unpaired) electrons. The maximum absolute atomic E-state index is 9.78. The monoisotopic (exact) mass is 328 g/mol. The number of ether oxygens (including phenoxy) is 1. The molecule has 2 aromatic carbocycles. The van der Waals surface area contributed by atoms with Gasteiger partial charge in [-0.25, -0.2) is 0 Å². The Morgan fingerprint density at radius 2 is 1.83 bits per heavy atom. The molecule has 0 aliphatic heterocycles. The molecule has 24 heavy (non-hydrogen) atoms. The van der Waals surface area contributed by atoms with Gasteiger partial charge in [-0.2, -0.15) is 0 Å². The first-order valence-corrected chi connectivity index (χ1v) is 7.41. The molecule has 0 bridgehead atoms. The first-order chi connectivity index (χ1) is 11.5. The van der Waals surface area contributed by atoms with Crippen molar-refractivity contribution in [2.24, 2.45) is 9.98 Å². The lowest BCUT2D eigenvalue weighted by molar-refractivity contribution is 0.373. The predicted octanol–water partition coefficient (Wildman–Crippen LogP) is 2.74. The minimum atomic E-state index is -0.00376. The number of nitrogens with zero attached hydrogens (tertiary/aromatic N) is 2. The Balaban J connectivity index is 1.94. The summed E-state index contributed by atoms with van der Waals surface area (Å²) in [6.45, 7) is 2.75. The van der Waals surface area contributed by atoms with Crippen LogP contribution in [0.3, 0.4) is 0 Å². The third kappa shape index (κ3) is 4.49. The zero-order chi connectivity index (χ0) is 17.5. The molecule has 6 nitrogen and oxygen atoms in total. The average Bonchev–Trinajstić information content (AvgIpc) is 2.55. The highest BCUT2D eigenvalue weighted by atomic mass is 16.5. The smallest absolute Gasteiger partial charge is 0.161 e. The summed E-state index contributed by atoms with van der Waals surface area (Å²) in [5, 5.41) is 28.6. The fourth-order valence-corrected chi connectivity index (χ4v) is 2.13. The molecule has 0 heterocycles. The van der Waals surface area contributed by atoms with Gasteiger partial charge in [0.25, 0.3) is 0 Å². The van der Waals surface area contributed by atoms with Gasteiger partial charge in [-0.05, 0) is 42.8 Å². The van der Waals surface area contributed by atoms with Crippen LogP contribution in [0.1, 0.15) is 18.1 Å². The highest BCUT2D eigenvalue weighted by molar-refractivity contribution is 6.01. The summed E-state index contributed by atoms with van der Waals surface area (Å²) >= 11 is 0. The molecule has 0 aromatic heterocycles. The molecule has 0 spiro atoms. The Labute approximate surface area is 140 Å². The molecule has 0 fully saturated rings. The van der Waals surface area contributed by atoms with Crippen LogP contribution in [0.15, 0.2) is 46.4 Å². The topological polar surface area (TPSA) is 94.6 Å². The Hall–Kier alpha value is -3.02. The molecule has 0 aliphatic rings. The van der Waals surface area contributed by atoms with Crippen molar-refractivity contribution in [3.05, 3.63) is 47.5 Å². The maximum atomic E-state index is 9.78. The highest BCUT2D eigenvalue weighted by Crippen LogP contribution is 2.25. The molecule has 0 amide bonds. The van der Waals surface area contributed by atoms with Crippen molar-refractivity contribution in [1.29, 1.82) is 0 Å². The molecule has 0 saturated carbocycles. The number of phenols is 3. The van der Waals surface area contributed by atoms with Gasteiger partial charge in [0.1, 0.15) is 11.5 Å². The number of hydrogen-bond acceptors (Lipinski definition) is 6. The zero-order valence-electron chi connectivity index (χ0n) is 13.6. The molecule has 0 atom stereocenters. The summed E-state index contributed by atoms with van der Waals surface area (Å²) in [6, 6.07) is 9.40. The highest BCUT2D eigenvalue weighted by Gasteiger charge is 2.05. The lowest BCUT2D eigenvalue weighted by Crippen LogP contribution is -1.99. The van der Waals surface area contributed by atoms with Gasteiger partial charge >= 0.3 is 0 Å². The fraction of sp³-hybridized carbons (Fsp3) is 0.222. The molecule has 3 N–H and O–H groups in total. The van der Waals surface area contributed by atoms with Crippen LogP contribution in [-0.4, -0.2) is 47.4 Å². The van der Waals surface area contributed by atoms with E-state index >= 15 is 0 Å². The number of hydrogen-bond donors (Lipinski definition) is 3. The van der Waals surface area contributed by atoms with Crippen LogP contribution in [0.4, 0.5) is 0 Å². The van der Waals surface area contributed by atoms with Gasteiger partial charge in [0.15, 0.2) is 11.5 Å². The van der Waals surface area contributed by atoms with Gasteiger partial charge in [0.05, 0.1) is 20.2 Å². The van der Waals surface area contributed by atoms with Gasteiger partial charge in [-0.1, -0.05) is 0 Å². The van der Waals surface area contributed by atoms with E-state index in [9.17, 15) is 15.3 Å². The normalized spacial score (nSPS) is 11.8. The number of methoxy groups -OCH3 is 1. The van der Waals surface area contributed by atoms with Crippen molar-refractivity contribution in [3.8, 4) is 23.0 Å². The lowest BCUT2D eigenvalue weighted by atomic mass is 10.1. The average molecular weight is 328 g/mol. The van der Waals surface area contributed by atoms with E-state index in [1.165, 1.54) is 19.2 Å². The summed E-state index contributed by atoms with van der Waals surface area (Å²) in [5.74, 6) is 0.494. The quantitative estimate of drug-likeness (QED) is 0.561. The second-order valence-electron chi connectivity index (χ2n) is 5.14. The molecular formula is C18H20N2O4. The predicted molar refractivity (Wildman–Crippen MR) is 94.0 cm³/mol. The first-order valence-electron chi connectivity index (χ1n) is 7.41. The van der Waals surface area contributed by atoms with E-state index in [1.807, 2.05) is 0 Å². The second kappa shape index (κ2) is 8.01. The SMILES string of the molecule is COc1cc(C=NCCN=C(C)c2ccc(O)cc2O)ccc1O. The summed E-state index contributed by atoms with van der Waals surface area (Å²) < 4.78 is 5.04. The number of rotatable bonds is 6. The van der Waals surface area contributed by atoms with Crippen molar-refractivity contribution >= 4 is 11.9 Å². The largest absolute Gasteiger partial charge is 0.508 e. The first kappa shape index (κ1) is 17.3. The third-order valence-corrected chi connectivity index (χ3v) is 3.39. The van der Waals surface area contributed by atoms with Gasteiger partial charge in [0.2, 0.25) is 0 Å². The maximum Gasteiger partial charge on any atom is 0.161 e. The Morgan fingerprint density at radius 3 is 2.54 bits per heavy atom. The second-order valence-corrected chi connectivity index (χ2v) is 5.14. The molecule has 2 aromatic rings. The van der Waals surface area contributed by atoms with Gasteiger partial charge in [-0.15, -0.1) is 0 Å². The van der Waals surface area contributed by atoms with Crippen LogP contribution in [0, 0.1) is 0 Å². The van der Waals surface area contributed by atoms with Crippen molar-refractivity contribution in [2.45, 2.75) is 6.92 Å². The van der Waals surface area contributed by atoms with Crippen LogP contribution in [0.5, 0.6) is 23.0 Å². The minimum absolute atomic E-state index is 0.00376. The molecule has 126 valence electrons. The van der Waals surface area contributed by atoms with Crippen molar-refractivity contribution in [3.63, 3.8) is 0 Å². The Bertz CT molecular complexity index is 770. The van der Waals surface area contributed by atoms with E-state index in [2.05, 4.69) is 9.98 Å². The standard InChI is InChI=1S/C18H20N2O4/c1-12(15-5-4-14(21)10-17(15)23)20-8-7-19-11-13-3-6-16(22)18(9-13)24-2/h3-6,9-11,21-23H,7-8H2,1-2H3. The molecule has 0 unspecified atom stereocenters. The van der Waals surface area contributed by atoms with Gasteiger partial charge < -0.3 is 20.1 Å². The Morgan fingerprint density at radius 1 is 1.04 bits per heavy atom. The van der Waals surface area contributed by atoms with Crippen LogP contribution in [0.2, 0.25) is 0 Å². The van der Waals surface area contributed by atoms with E-state index < -0.39 is 0 Å². The number of phenolic OH excluding ortho intramolecular Hbond substituents is 3. The van der Waals surface area contributed by atoms with Crippen LogP contribution >= 0.6 is 0 Å². The lowest BCUT2D eigenvalue weighted by Gasteiger charge is -2.04. The summed E-state index contributed by atoms with van der Waals surface area (Å²) in [4.78, 5) is 8.64. The molecule has 2 rings (SSSR count). The minimum Gasteiger partial charge on any atom is -0.508 e. The summed E-state index contributed by atoms with van der Waals surface area (Å²) in [6.07, 6.45) is 1.69. The van der Waals surface area contributed by atoms with Gasteiger partial charge in [0, 0.05) is 23.6 Å². The number of aromatic hydroxyl groups is 3. The van der Waals surface area contributed by atoms with Crippen molar-refractivity contribution in [1.82, 2.24) is 0 Å². The van der Waals surface area contributed by atoms with E-state index in [0.29, 0.717) is 30.1 Å². The van der Waals surface area contributed by atoms with E-state index in [0.717, 1.165) is 5.56 Å². The van der Waals surface area contributed by atoms with Crippen molar-refractivity contribution < 1.29 is 20.1 Å². The molecule has 0 saturated heterocycles. The zero-order valence-corrected chi connectivity index (χ0v) is 13.6. The van der Waals surface area contributed by atoms with Crippen LogP contribution in [0.25, 0.3) is 0 Å². The number of benzene rings is 2. The van der Waals surface area contributed by atoms with Gasteiger partial charge in [-0.3, -0.25) is 9.98 Å². The van der Waals surface area contributed by atoms with E-state index in [-0.39, 0.29) is 17.2 Å². The third-order valence-electron chi connectivity index (χ3n) is 3.39. The fourth-order valence-electron chi connectivity index (χ4n) is 2.13. The van der Waals surface area contributed by atoms with E-state index in [1.54, 1.807) is 37.4 Å². The number of aliphatic imine (C=N–C) groups is 2. The molecule has 6 heteroatoms. The van der Waals surface area contributed by atoms with Crippen LogP contribution < -0.4 is 4.74 Å². The molecule has 0 aliphatic carbocycles. The summed E-state index contributed by atoms with van der Waals surface area (Å²) in [5.41, 5.74) is 2.08. The molecular weight excluding hydrogens is 308 g/mol. The van der Waals surface area contributed by atoms with Crippen molar-refractivity contribution in [2.75, 3.05) is 20.2 Å².